The van der Waals surface area contributed by atoms with Gasteiger partial charge in [-0.3, -0.25) is 0 Å². The topological polar surface area (TPSA) is 35.8 Å². The molecule has 2 heteroatoms. The van der Waals surface area contributed by atoms with Gasteiger partial charge >= 0.3 is 0 Å². The van der Waals surface area contributed by atoms with E-state index in [0.717, 1.165) is 25.9 Å². The minimum Gasteiger partial charge on any atom is -0.317 e. The van der Waals surface area contributed by atoms with Crippen LogP contribution in [-0.4, -0.2) is 13.1 Å². The highest BCUT2D eigenvalue weighted by Crippen LogP contribution is 2.20. The number of rotatable bonds is 6. The number of hydrogen-bond acceptors (Lipinski definition) is 2. The first-order chi connectivity index (χ1) is 6.77. The van der Waals surface area contributed by atoms with E-state index in [1.54, 1.807) is 0 Å². The third-order valence-electron chi connectivity index (χ3n) is 2.51. The summed E-state index contributed by atoms with van der Waals surface area (Å²) < 4.78 is 0. The van der Waals surface area contributed by atoms with Gasteiger partial charge in [0.15, 0.2) is 0 Å². The predicted molar refractivity (Wildman–Crippen MR) is 65.6 cm³/mol. The van der Waals surface area contributed by atoms with Gasteiger partial charge in [-0.05, 0) is 51.6 Å². The van der Waals surface area contributed by atoms with Crippen LogP contribution in [-0.2, 0) is 0 Å². The van der Waals surface area contributed by atoms with Crippen LogP contribution in [0.1, 0.15) is 53.9 Å². The molecule has 0 aromatic rings. The van der Waals surface area contributed by atoms with E-state index in [1.807, 2.05) is 13.8 Å². The Balaban J connectivity index is 3.38. The lowest BCUT2D eigenvalue weighted by Crippen LogP contribution is -2.22. The molecule has 0 rings (SSSR count). The van der Waals surface area contributed by atoms with Crippen molar-refractivity contribution in [1.82, 2.24) is 5.32 Å². The van der Waals surface area contributed by atoms with Gasteiger partial charge < -0.3 is 5.32 Å². The summed E-state index contributed by atoms with van der Waals surface area (Å²) in [4.78, 5) is 0. The second-order valence-corrected chi connectivity index (χ2v) is 6.16. The minimum absolute atomic E-state index is 0.161. The first-order valence-corrected chi connectivity index (χ1v) is 5.89. The highest BCUT2D eigenvalue weighted by Gasteiger charge is 2.15. The molecule has 0 fully saturated rings. The van der Waals surface area contributed by atoms with Crippen LogP contribution in [0.25, 0.3) is 0 Å². The molecule has 0 spiro atoms. The summed E-state index contributed by atoms with van der Waals surface area (Å²) in [6.07, 6.45) is 3.27. The van der Waals surface area contributed by atoms with Crippen LogP contribution >= 0.6 is 0 Å². The molecule has 0 amide bonds. The summed E-state index contributed by atoms with van der Waals surface area (Å²) in [5.74, 6) is 0. The van der Waals surface area contributed by atoms with Crippen molar-refractivity contribution >= 4 is 0 Å². The standard InChI is InChI=1S/C13H26N2/c1-12(2,3)8-10-15-9-6-7-13(4,5)11-14/h15H,6-10H2,1-5H3. The molecule has 0 aliphatic rings. The van der Waals surface area contributed by atoms with Crippen molar-refractivity contribution in [3.05, 3.63) is 0 Å². The normalized spacial score (nSPS) is 12.5. The number of hydrogen-bond donors (Lipinski definition) is 1. The predicted octanol–water partition coefficient (Wildman–Crippen LogP) is 3.34. The fourth-order valence-corrected chi connectivity index (χ4v) is 1.30. The second-order valence-electron chi connectivity index (χ2n) is 6.16. The lowest BCUT2D eigenvalue weighted by molar-refractivity contribution is 0.361. The zero-order valence-electron chi connectivity index (χ0n) is 11.0. The highest BCUT2D eigenvalue weighted by molar-refractivity contribution is 4.91. The van der Waals surface area contributed by atoms with Gasteiger partial charge in [0.1, 0.15) is 0 Å². The molecule has 88 valence electrons. The molecule has 0 aliphatic carbocycles. The quantitative estimate of drug-likeness (QED) is 0.682. The Morgan fingerprint density at radius 3 is 2.07 bits per heavy atom. The molecule has 1 N–H and O–H groups in total. The third-order valence-corrected chi connectivity index (χ3v) is 2.51. The largest absolute Gasteiger partial charge is 0.317 e. The zero-order valence-corrected chi connectivity index (χ0v) is 11.0. The summed E-state index contributed by atoms with van der Waals surface area (Å²) >= 11 is 0. The van der Waals surface area contributed by atoms with Crippen molar-refractivity contribution in [3.63, 3.8) is 0 Å². The van der Waals surface area contributed by atoms with E-state index in [4.69, 9.17) is 5.26 Å². The van der Waals surface area contributed by atoms with Gasteiger partial charge in [0.25, 0.3) is 0 Å². The van der Waals surface area contributed by atoms with Crippen molar-refractivity contribution < 1.29 is 0 Å². The van der Waals surface area contributed by atoms with Crippen molar-refractivity contribution in [1.29, 1.82) is 5.26 Å². The lowest BCUT2D eigenvalue weighted by Gasteiger charge is -2.19. The van der Waals surface area contributed by atoms with Crippen LogP contribution in [0, 0.1) is 22.2 Å². The Kier molecular flexibility index (Phi) is 5.90. The van der Waals surface area contributed by atoms with Gasteiger partial charge in [-0.1, -0.05) is 20.8 Å². The smallest absolute Gasteiger partial charge is 0.0683 e. The van der Waals surface area contributed by atoms with Gasteiger partial charge in [0, 0.05) is 0 Å². The Labute approximate surface area is 95.1 Å². The van der Waals surface area contributed by atoms with E-state index in [0.29, 0.717) is 5.41 Å². The maximum atomic E-state index is 8.83. The summed E-state index contributed by atoms with van der Waals surface area (Å²) in [5.41, 5.74) is 0.255. The van der Waals surface area contributed by atoms with E-state index in [1.165, 1.54) is 6.42 Å². The average molecular weight is 210 g/mol. The molecule has 0 aromatic heterocycles. The summed E-state index contributed by atoms with van der Waals surface area (Å²) in [6.45, 7) is 12.9. The first kappa shape index (κ1) is 14.5. The number of nitrogens with zero attached hydrogens (tertiary/aromatic N) is 1. The van der Waals surface area contributed by atoms with Gasteiger partial charge in [-0.25, -0.2) is 0 Å². The minimum atomic E-state index is -0.161. The van der Waals surface area contributed by atoms with Crippen molar-refractivity contribution in [2.24, 2.45) is 10.8 Å². The van der Waals surface area contributed by atoms with E-state index in [2.05, 4.69) is 32.2 Å². The third kappa shape index (κ3) is 9.75. The van der Waals surface area contributed by atoms with Crippen LogP contribution < -0.4 is 5.32 Å². The molecule has 0 atom stereocenters. The summed E-state index contributed by atoms with van der Waals surface area (Å²) in [5, 5.41) is 12.3. The summed E-state index contributed by atoms with van der Waals surface area (Å²) in [7, 11) is 0. The first-order valence-electron chi connectivity index (χ1n) is 5.89. The van der Waals surface area contributed by atoms with E-state index in [-0.39, 0.29) is 5.41 Å². The van der Waals surface area contributed by atoms with Crippen LogP contribution in [0.3, 0.4) is 0 Å². The Bertz CT molecular complexity index is 206. The molecular weight excluding hydrogens is 184 g/mol. The average Bonchev–Trinajstić information content (AvgIpc) is 2.09. The van der Waals surface area contributed by atoms with Crippen molar-refractivity contribution in [3.8, 4) is 6.07 Å². The molecular formula is C13H26N2. The van der Waals surface area contributed by atoms with E-state index >= 15 is 0 Å². The van der Waals surface area contributed by atoms with Gasteiger partial charge in [-0.2, -0.15) is 5.26 Å². The zero-order chi connectivity index (χ0) is 11.9. The fraction of sp³-hybridized carbons (Fsp3) is 0.923. The number of nitriles is 1. The van der Waals surface area contributed by atoms with Crippen LogP contribution in [0.15, 0.2) is 0 Å². The maximum absolute atomic E-state index is 8.83. The SMILES string of the molecule is CC(C)(C)CCNCCCC(C)(C)C#N. The molecule has 0 heterocycles. The van der Waals surface area contributed by atoms with Gasteiger partial charge in [0.2, 0.25) is 0 Å². The molecule has 0 aromatic carbocycles. The molecule has 15 heavy (non-hydrogen) atoms. The van der Waals surface area contributed by atoms with Gasteiger partial charge in [-0.15, -0.1) is 0 Å². The fourth-order valence-electron chi connectivity index (χ4n) is 1.30. The highest BCUT2D eigenvalue weighted by atomic mass is 14.8. The Morgan fingerprint density at radius 2 is 1.60 bits per heavy atom. The Morgan fingerprint density at radius 1 is 1.00 bits per heavy atom. The Hall–Kier alpha value is -0.550. The molecule has 0 bridgehead atoms. The maximum Gasteiger partial charge on any atom is 0.0683 e. The van der Waals surface area contributed by atoms with E-state index in [9.17, 15) is 0 Å². The molecule has 0 aliphatic heterocycles. The van der Waals surface area contributed by atoms with Crippen LogP contribution in [0.2, 0.25) is 0 Å². The van der Waals surface area contributed by atoms with Crippen LogP contribution in [0.4, 0.5) is 0 Å². The summed E-state index contributed by atoms with van der Waals surface area (Å²) in [6, 6.07) is 2.33. The second kappa shape index (κ2) is 6.12. The molecule has 0 saturated carbocycles. The van der Waals surface area contributed by atoms with Crippen molar-refractivity contribution in [2.75, 3.05) is 13.1 Å². The van der Waals surface area contributed by atoms with Crippen LogP contribution in [0.5, 0.6) is 0 Å². The monoisotopic (exact) mass is 210 g/mol. The number of nitrogens with one attached hydrogen (secondary N) is 1. The molecule has 0 radical (unpaired) electrons. The molecule has 2 nitrogen and oxygen atoms in total. The molecule has 0 unspecified atom stereocenters. The van der Waals surface area contributed by atoms with Gasteiger partial charge in [0.05, 0.1) is 11.5 Å². The molecule has 0 saturated heterocycles. The van der Waals surface area contributed by atoms with E-state index < -0.39 is 0 Å². The van der Waals surface area contributed by atoms with Crippen molar-refractivity contribution in [2.45, 2.75) is 53.9 Å². The lowest BCUT2D eigenvalue weighted by atomic mass is 9.90.